The van der Waals surface area contributed by atoms with Crippen molar-refractivity contribution >= 4 is 10.4 Å². The summed E-state index contributed by atoms with van der Waals surface area (Å²) in [5, 5.41) is 0. The number of hydrogen-bond acceptors (Lipinski definition) is 3. The molecule has 31 valence electrons. The average molecular weight is 135 g/mol. The predicted molar refractivity (Wildman–Crippen MR) is 10.4 cm³/mol. The maximum absolute atomic E-state index is 8.52. The van der Waals surface area contributed by atoms with E-state index in [9.17, 15) is 0 Å². The van der Waals surface area contributed by atoms with Gasteiger partial charge in [0.1, 0.15) is 0 Å². The van der Waals surface area contributed by atoms with Crippen LogP contribution in [0.2, 0.25) is 0 Å². The van der Waals surface area contributed by atoms with Crippen LogP contribution in [0, 0.1) is 0 Å². The van der Waals surface area contributed by atoms with E-state index in [4.69, 9.17) is 17.5 Å². The minimum absolute atomic E-state index is 0. The van der Waals surface area contributed by atoms with E-state index in [1.54, 1.807) is 0 Å². The molecule has 0 saturated carbocycles. The maximum Gasteiger partial charge on any atom is 1.00 e. The van der Waals surface area contributed by atoms with E-state index in [0.717, 1.165) is 0 Å². The molecule has 0 aliphatic rings. The topological polar surface area (TPSA) is 77.1 Å². The van der Waals surface area contributed by atoms with Gasteiger partial charge >= 0.3 is 51.4 Å². The van der Waals surface area contributed by atoms with Gasteiger partial charge in [0, 0.05) is 0 Å². The Morgan fingerprint density at radius 1 is 1.33 bits per heavy atom. The van der Waals surface area contributed by atoms with Crippen LogP contribution in [0.1, 0.15) is 0 Å². The standard InChI is InChI=1S/K.HO4S/c;1-5(2,3)4/h;(H,1,2,3)/q+1;/p-1. The van der Waals surface area contributed by atoms with E-state index in [2.05, 4.69) is 0 Å². The molecule has 0 aromatic heterocycles. The minimum atomic E-state index is -5.17. The van der Waals surface area contributed by atoms with Crippen molar-refractivity contribution in [3.05, 3.63) is 0 Å². The first-order valence-electron chi connectivity index (χ1n) is 0.667. The monoisotopic (exact) mass is 135 g/mol. The Kier molecular flexibility index (Phi) is 6.12. The first kappa shape index (κ1) is 10.5. The molecule has 0 unspecified atom stereocenters. The molecule has 4 nitrogen and oxygen atoms in total. The summed E-state index contributed by atoms with van der Waals surface area (Å²) >= 11 is 0. The Morgan fingerprint density at radius 3 is 1.33 bits per heavy atom. The number of rotatable bonds is 0. The summed E-state index contributed by atoms with van der Waals surface area (Å²) in [5.41, 5.74) is 0. The Bertz CT molecular complexity index is 90.7. The second-order valence-electron chi connectivity index (χ2n) is 0.408. The summed E-state index contributed by atoms with van der Waals surface area (Å²) in [5.74, 6) is 0. The Labute approximate surface area is 77.9 Å². The quantitative estimate of drug-likeness (QED) is 0.192. The average Bonchev–Trinajstić information content (AvgIpc) is 0.722. The Balaban J connectivity index is 0. The fourth-order valence-electron chi connectivity index (χ4n) is 0. The van der Waals surface area contributed by atoms with Crippen molar-refractivity contribution in [2.75, 3.05) is 0 Å². The van der Waals surface area contributed by atoms with Crippen molar-refractivity contribution in [1.82, 2.24) is 0 Å². The molecule has 0 fully saturated rings. The fourth-order valence-corrected chi connectivity index (χ4v) is 0. The molecule has 0 aromatic rings. The molecule has 0 N–H and O–H groups in total. The van der Waals surface area contributed by atoms with E-state index < -0.39 is 10.4 Å². The van der Waals surface area contributed by atoms with E-state index in [1.807, 2.05) is 0 Å². The van der Waals surface area contributed by atoms with Crippen LogP contribution < -0.4 is 51.4 Å². The molecular weight excluding hydrogens is 135 g/mol. The molecule has 0 spiro atoms. The second-order valence-corrected chi connectivity index (χ2v) is 1.22. The van der Waals surface area contributed by atoms with E-state index >= 15 is 0 Å². The molecule has 0 aliphatic carbocycles. The van der Waals surface area contributed by atoms with Crippen LogP contribution in [0.5, 0.6) is 0 Å². The van der Waals surface area contributed by atoms with Gasteiger partial charge < -0.3 is 4.55 Å². The van der Waals surface area contributed by atoms with Gasteiger partial charge in [-0.3, -0.25) is 0 Å². The van der Waals surface area contributed by atoms with Crippen molar-refractivity contribution < 1.29 is 68.9 Å². The third-order valence-electron chi connectivity index (χ3n) is 0. The van der Waals surface area contributed by atoms with Gasteiger partial charge in [-0.05, 0) is 0 Å². The molecule has 0 rings (SSSR count). The Hall–Kier alpha value is 1.51. The van der Waals surface area contributed by atoms with Crippen LogP contribution in [-0.2, 0) is 15.0 Å². The zero-order valence-corrected chi connectivity index (χ0v) is 6.98. The third-order valence-corrected chi connectivity index (χ3v) is 0. The molecular formula is KO4S. The second kappa shape index (κ2) is 3.50. The van der Waals surface area contributed by atoms with Gasteiger partial charge in [-0.2, -0.15) is 0 Å². The van der Waals surface area contributed by atoms with Gasteiger partial charge in [0.2, 0.25) is 10.4 Å². The van der Waals surface area contributed by atoms with Crippen molar-refractivity contribution in [3.63, 3.8) is 0 Å². The van der Waals surface area contributed by atoms with Crippen LogP contribution in [0.3, 0.4) is 0 Å². The van der Waals surface area contributed by atoms with Crippen molar-refractivity contribution in [1.29, 1.82) is 0 Å². The minimum Gasteiger partial charge on any atom is -0.724 e. The van der Waals surface area contributed by atoms with Gasteiger partial charge in [0.05, 0.1) is 0 Å². The van der Waals surface area contributed by atoms with Crippen LogP contribution in [0.25, 0.3) is 0 Å². The molecule has 0 amide bonds. The molecule has 0 heterocycles. The molecule has 0 atom stereocenters. The summed E-state index contributed by atoms with van der Waals surface area (Å²) in [6.07, 6.45) is 0. The summed E-state index contributed by atoms with van der Waals surface area (Å²) in [6, 6.07) is 0. The fraction of sp³-hybridized carbons (Fsp3) is 0. The maximum atomic E-state index is 8.52. The summed E-state index contributed by atoms with van der Waals surface area (Å²) in [6.45, 7) is 0. The predicted octanol–water partition coefficient (Wildman–Crippen LogP) is -4.12. The summed E-state index contributed by atoms with van der Waals surface area (Å²) in [7, 11) is -5.17. The summed E-state index contributed by atoms with van der Waals surface area (Å²) in [4.78, 5) is 0. The van der Waals surface area contributed by atoms with E-state index in [1.165, 1.54) is 0 Å². The van der Waals surface area contributed by atoms with Crippen LogP contribution in [-0.4, -0.2) is 13.0 Å². The van der Waals surface area contributed by atoms with Gasteiger partial charge in [0.25, 0.3) is 0 Å². The molecule has 6 heteroatoms. The molecule has 0 bridgehead atoms. The van der Waals surface area contributed by atoms with Crippen molar-refractivity contribution in [2.45, 2.75) is 0 Å². The molecule has 0 aliphatic heterocycles. The largest absolute Gasteiger partial charge is 1.00 e. The van der Waals surface area contributed by atoms with Crippen LogP contribution >= 0.6 is 0 Å². The molecule has 0 aromatic carbocycles. The van der Waals surface area contributed by atoms with Crippen LogP contribution in [0.4, 0.5) is 0 Å². The zero-order chi connectivity index (χ0) is 4.50. The normalized spacial score (nSPS) is 9.67. The Morgan fingerprint density at radius 2 is 1.33 bits per heavy atom. The first-order chi connectivity index (χ1) is 2.00. The smallest absolute Gasteiger partial charge is 0.724 e. The van der Waals surface area contributed by atoms with Crippen LogP contribution in [0.15, 0.2) is 0 Å². The van der Waals surface area contributed by atoms with Gasteiger partial charge in [0.15, 0.2) is 0 Å². The van der Waals surface area contributed by atoms with Crippen molar-refractivity contribution in [2.24, 2.45) is 0 Å². The van der Waals surface area contributed by atoms with Gasteiger partial charge in [-0.1, -0.05) is 0 Å². The van der Waals surface area contributed by atoms with Gasteiger partial charge in [-0.15, -0.1) is 4.55 Å². The van der Waals surface area contributed by atoms with E-state index in [-0.39, 0.29) is 51.4 Å². The number of hydrogen-bond donors (Lipinski definition) is 0. The SMILES string of the molecule is [K+].[O]S(=O)(=O)[O-]. The summed E-state index contributed by atoms with van der Waals surface area (Å²) < 4.78 is 34.1. The van der Waals surface area contributed by atoms with E-state index in [0.29, 0.717) is 0 Å². The first-order valence-corrected chi connectivity index (χ1v) is 2.00. The molecule has 6 heavy (non-hydrogen) atoms. The third kappa shape index (κ3) is 49.3. The molecule has 1 radical (unpaired) electrons. The zero-order valence-electron chi connectivity index (χ0n) is 3.04. The van der Waals surface area contributed by atoms with Gasteiger partial charge in [-0.25, -0.2) is 8.42 Å². The molecule has 0 saturated heterocycles. The van der Waals surface area contributed by atoms with Crippen molar-refractivity contribution in [3.8, 4) is 0 Å².